The summed E-state index contributed by atoms with van der Waals surface area (Å²) in [5.74, 6) is -0.513. The van der Waals surface area contributed by atoms with E-state index in [1.165, 1.54) is 11.8 Å². The number of nitrogens with zero attached hydrogens (tertiary/aromatic N) is 1. The molecule has 0 saturated carbocycles. The normalized spacial score (nSPS) is 16.1. The fourth-order valence-corrected chi connectivity index (χ4v) is 2.43. The summed E-state index contributed by atoms with van der Waals surface area (Å²) in [4.78, 5) is 23.0. The maximum absolute atomic E-state index is 11.3. The zero-order valence-corrected chi connectivity index (χ0v) is 9.86. The molecule has 0 aliphatic carbocycles. The van der Waals surface area contributed by atoms with Gasteiger partial charge in [-0.1, -0.05) is 30.4 Å². The Kier molecular flexibility index (Phi) is 5.04. The van der Waals surface area contributed by atoms with Crippen LogP contribution in [0.15, 0.2) is 0 Å². The molecular formula is C9H12NO3S2-. The number of carbonyl (C=O) groups excluding carboxylic acids is 2. The molecule has 1 amide bonds. The molecular weight excluding hydrogens is 234 g/mol. The van der Waals surface area contributed by atoms with Crippen LogP contribution in [-0.2, 0) is 9.59 Å². The van der Waals surface area contributed by atoms with Crippen LogP contribution in [0.25, 0.3) is 0 Å². The van der Waals surface area contributed by atoms with Gasteiger partial charge in [0.25, 0.3) is 0 Å². The summed E-state index contributed by atoms with van der Waals surface area (Å²) in [5, 5.41) is 10.1. The molecule has 0 aromatic carbocycles. The Labute approximate surface area is 98.0 Å². The van der Waals surface area contributed by atoms with Crippen LogP contribution < -0.4 is 5.11 Å². The first-order valence-electron chi connectivity index (χ1n) is 4.78. The van der Waals surface area contributed by atoms with E-state index in [-0.39, 0.29) is 12.3 Å². The van der Waals surface area contributed by atoms with Gasteiger partial charge in [-0.25, -0.2) is 0 Å². The summed E-state index contributed by atoms with van der Waals surface area (Å²) in [5.41, 5.74) is 0. The van der Waals surface area contributed by atoms with Crippen molar-refractivity contribution in [2.45, 2.75) is 25.7 Å². The van der Waals surface area contributed by atoms with Crippen molar-refractivity contribution in [1.82, 2.24) is 4.90 Å². The van der Waals surface area contributed by atoms with Crippen molar-refractivity contribution < 1.29 is 14.7 Å². The van der Waals surface area contributed by atoms with Crippen molar-refractivity contribution >= 4 is 40.2 Å². The number of aliphatic carboxylic acids is 1. The van der Waals surface area contributed by atoms with Gasteiger partial charge in [-0.15, -0.1) is 0 Å². The van der Waals surface area contributed by atoms with Gasteiger partial charge in [0.15, 0.2) is 0 Å². The van der Waals surface area contributed by atoms with Crippen LogP contribution in [0.3, 0.4) is 0 Å². The van der Waals surface area contributed by atoms with E-state index in [0.29, 0.717) is 23.0 Å². The minimum Gasteiger partial charge on any atom is -0.550 e. The topological polar surface area (TPSA) is 60.4 Å². The molecule has 1 saturated heterocycles. The summed E-state index contributed by atoms with van der Waals surface area (Å²) in [7, 11) is 0. The van der Waals surface area contributed by atoms with E-state index in [4.69, 9.17) is 12.2 Å². The van der Waals surface area contributed by atoms with Crippen LogP contribution in [-0.4, -0.2) is 33.4 Å². The Morgan fingerprint density at radius 2 is 2.20 bits per heavy atom. The van der Waals surface area contributed by atoms with Crippen molar-refractivity contribution in [2.24, 2.45) is 0 Å². The van der Waals surface area contributed by atoms with Crippen LogP contribution in [0, 0.1) is 0 Å². The first kappa shape index (κ1) is 12.4. The Balaban J connectivity index is 2.12. The first-order chi connectivity index (χ1) is 7.11. The number of thiocarbonyl (C=S) groups is 1. The van der Waals surface area contributed by atoms with E-state index in [1.54, 1.807) is 4.90 Å². The SMILES string of the molecule is O=C([O-])CCCCCN1C(=O)CSC1=S. The highest BCUT2D eigenvalue weighted by atomic mass is 32.2. The summed E-state index contributed by atoms with van der Waals surface area (Å²) in [6.07, 6.45) is 2.27. The highest BCUT2D eigenvalue weighted by molar-refractivity contribution is 8.23. The number of hydrogen-bond acceptors (Lipinski definition) is 5. The van der Waals surface area contributed by atoms with Gasteiger partial charge in [0, 0.05) is 12.5 Å². The molecule has 1 heterocycles. The third-order valence-corrected chi connectivity index (χ3v) is 3.54. The molecule has 1 aliphatic heterocycles. The molecule has 4 nitrogen and oxygen atoms in total. The second-order valence-corrected chi connectivity index (χ2v) is 4.89. The monoisotopic (exact) mass is 246 g/mol. The fourth-order valence-electron chi connectivity index (χ4n) is 1.31. The van der Waals surface area contributed by atoms with Crippen LogP contribution in [0.4, 0.5) is 0 Å². The predicted octanol–water partition coefficient (Wildman–Crippen LogP) is 0.157. The van der Waals surface area contributed by atoms with Crippen molar-refractivity contribution in [3.8, 4) is 0 Å². The van der Waals surface area contributed by atoms with E-state index in [1.807, 2.05) is 0 Å². The number of carboxylic acid groups (broad SMARTS) is 1. The molecule has 0 radical (unpaired) electrons. The van der Waals surface area contributed by atoms with E-state index >= 15 is 0 Å². The fraction of sp³-hybridized carbons (Fsp3) is 0.667. The molecule has 1 rings (SSSR count). The van der Waals surface area contributed by atoms with E-state index < -0.39 is 5.97 Å². The summed E-state index contributed by atoms with van der Waals surface area (Å²) in [6.45, 7) is 0.609. The molecule has 0 unspecified atom stereocenters. The minimum absolute atomic E-state index is 0.0601. The van der Waals surface area contributed by atoms with Gasteiger partial charge < -0.3 is 9.90 Å². The van der Waals surface area contributed by atoms with Crippen molar-refractivity contribution in [1.29, 1.82) is 0 Å². The number of rotatable bonds is 6. The minimum atomic E-state index is -1.02. The third-order valence-electron chi connectivity index (χ3n) is 2.10. The molecule has 15 heavy (non-hydrogen) atoms. The molecule has 0 bridgehead atoms. The van der Waals surface area contributed by atoms with Crippen LogP contribution in [0.2, 0.25) is 0 Å². The molecule has 1 aliphatic rings. The van der Waals surface area contributed by atoms with Crippen molar-refractivity contribution in [3.63, 3.8) is 0 Å². The molecule has 0 spiro atoms. The zero-order chi connectivity index (χ0) is 11.3. The van der Waals surface area contributed by atoms with Crippen molar-refractivity contribution in [3.05, 3.63) is 0 Å². The zero-order valence-electron chi connectivity index (χ0n) is 8.23. The summed E-state index contributed by atoms with van der Waals surface area (Å²) in [6, 6.07) is 0. The molecule has 6 heteroatoms. The maximum atomic E-state index is 11.3. The molecule has 0 N–H and O–H groups in total. The van der Waals surface area contributed by atoms with Gasteiger partial charge in [-0.2, -0.15) is 0 Å². The molecule has 84 valence electrons. The van der Waals surface area contributed by atoms with Gasteiger partial charge in [-0.05, 0) is 19.3 Å². The van der Waals surface area contributed by atoms with E-state index in [9.17, 15) is 14.7 Å². The lowest BCUT2D eigenvalue weighted by atomic mass is 10.2. The van der Waals surface area contributed by atoms with Gasteiger partial charge in [0.1, 0.15) is 4.32 Å². The molecule has 1 fully saturated rings. The second-order valence-electron chi connectivity index (χ2n) is 3.28. The van der Waals surface area contributed by atoms with Gasteiger partial charge in [0.2, 0.25) is 5.91 Å². The second kappa shape index (κ2) is 6.07. The lowest BCUT2D eigenvalue weighted by Crippen LogP contribution is -2.29. The predicted molar refractivity (Wildman–Crippen MR) is 60.2 cm³/mol. The number of amides is 1. The molecule has 0 aromatic rings. The molecule has 0 atom stereocenters. The van der Waals surface area contributed by atoms with Gasteiger partial charge >= 0.3 is 0 Å². The first-order valence-corrected chi connectivity index (χ1v) is 6.17. The maximum Gasteiger partial charge on any atom is 0.238 e. The number of carbonyl (C=O) groups is 2. The summed E-state index contributed by atoms with van der Waals surface area (Å²) >= 11 is 6.39. The van der Waals surface area contributed by atoms with Gasteiger partial charge in [0.05, 0.1) is 5.75 Å². The highest BCUT2D eigenvalue weighted by Crippen LogP contribution is 2.19. The van der Waals surface area contributed by atoms with Crippen LogP contribution in [0.5, 0.6) is 0 Å². The third kappa shape index (κ3) is 4.17. The number of carboxylic acids is 1. The largest absolute Gasteiger partial charge is 0.550 e. The van der Waals surface area contributed by atoms with E-state index in [0.717, 1.165) is 12.8 Å². The number of thioether (sulfide) groups is 1. The Morgan fingerprint density at radius 1 is 1.47 bits per heavy atom. The summed E-state index contributed by atoms with van der Waals surface area (Å²) < 4.78 is 0.639. The van der Waals surface area contributed by atoms with Crippen LogP contribution in [0.1, 0.15) is 25.7 Å². The standard InChI is InChI=1S/C9H13NO3S2/c11-7-6-15-9(14)10(7)5-3-1-2-4-8(12)13/h1-6H2,(H,12,13)/p-1. The quantitative estimate of drug-likeness (QED) is 0.493. The highest BCUT2D eigenvalue weighted by Gasteiger charge is 2.25. The smallest absolute Gasteiger partial charge is 0.238 e. The lowest BCUT2D eigenvalue weighted by molar-refractivity contribution is -0.305. The Morgan fingerprint density at radius 3 is 2.73 bits per heavy atom. The van der Waals surface area contributed by atoms with Crippen LogP contribution >= 0.6 is 24.0 Å². The molecule has 0 aromatic heterocycles. The number of unbranched alkanes of at least 4 members (excludes halogenated alkanes) is 2. The van der Waals surface area contributed by atoms with E-state index in [2.05, 4.69) is 0 Å². The number of hydrogen-bond donors (Lipinski definition) is 0. The Hall–Kier alpha value is -0.620. The Bertz CT molecular complexity index is 265. The van der Waals surface area contributed by atoms with Crippen molar-refractivity contribution in [2.75, 3.05) is 12.3 Å². The lowest BCUT2D eigenvalue weighted by Gasteiger charge is -2.14. The average molecular weight is 246 g/mol. The average Bonchev–Trinajstić information content (AvgIpc) is 2.47. The van der Waals surface area contributed by atoms with Gasteiger partial charge in [-0.3, -0.25) is 9.69 Å².